The van der Waals surface area contributed by atoms with E-state index < -0.39 is 4.92 Å². The SMILES string of the molecule is Cc1ccc(N2CC(CN)CC2=O)c([N+](=O)[O-])c1. The van der Waals surface area contributed by atoms with Gasteiger partial charge in [-0.05, 0) is 31.0 Å². The monoisotopic (exact) mass is 249 g/mol. The van der Waals surface area contributed by atoms with Crippen LogP contribution in [-0.4, -0.2) is 23.9 Å². The van der Waals surface area contributed by atoms with Gasteiger partial charge in [0.2, 0.25) is 5.91 Å². The zero-order valence-electron chi connectivity index (χ0n) is 10.1. The quantitative estimate of drug-likeness (QED) is 0.644. The van der Waals surface area contributed by atoms with E-state index in [2.05, 4.69) is 0 Å². The van der Waals surface area contributed by atoms with Crippen LogP contribution in [-0.2, 0) is 4.79 Å². The molecule has 96 valence electrons. The molecule has 1 aromatic rings. The fourth-order valence-corrected chi connectivity index (χ4v) is 2.18. The molecule has 1 aliphatic rings. The van der Waals surface area contributed by atoms with Crippen LogP contribution in [0.15, 0.2) is 18.2 Å². The number of hydrogen-bond acceptors (Lipinski definition) is 4. The molecule has 1 fully saturated rings. The standard InChI is InChI=1S/C12H15N3O3/c1-8-2-3-10(11(4-8)15(17)18)14-7-9(6-13)5-12(14)16/h2-4,9H,5-7,13H2,1H3. The van der Waals surface area contributed by atoms with Crippen LogP contribution in [0.5, 0.6) is 0 Å². The van der Waals surface area contributed by atoms with Gasteiger partial charge in [-0.3, -0.25) is 14.9 Å². The number of nitro benzene ring substituents is 1. The maximum atomic E-state index is 11.9. The average molecular weight is 249 g/mol. The van der Waals surface area contributed by atoms with Crippen molar-refractivity contribution < 1.29 is 9.72 Å². The number of nitro groups is 1. The van der Waals surface area contributed by atoms with E-state index in [-0.39, 0.29) is 17.5 Å². The number of carbonyl (C=O) groups excluding carboxylic acids is 1. The number of nitrogens with zero attached hydrogens (tertiary/aromatic N) is 2. The third-order valence-electron chi connectivity index (χ3n) is 3.16. The zero-order valence-corrected chi connectivity index (χ0v) is 10.1. The minimum Gasteiger partial charge on any atom is -0.330 e. The van der Waals surface area contributed by atoms with Crippen molar-refractivity contribution in [2.75, 3.05) is 18.0 Å². The number of anilines is 1. The van der Waals surface area contributed by atoms with Gasteiger partial charge in [0, 0.05) is 19.0 Å². The van der Waals surface area contributed by atoms with Crippen molar-refractivity contribution in [1.29, 1.82) is 0 Å². The maximum absolute atomic E-state index is 11.9. The number of benzene rings is 1. The molecule has 6 heteroatoms. The Bertz CT molecular complexity index is 501. The second-order valence-corrected chi connectivity index (χ2v) is 4.56. The van der Waals surface area contributed by atoms with Gasteiger partial charge in [0.1, 0.15) is 5.69 Å². The van der Waals surface area contributed by atoms with E-state index in [0.717, 1.165) is 5.56 Å². The predicted octanol–water partition coefficient (Wildman–Crippen LogP) is 1.21. The maximum Gasteiger partial charge on any atom is 0.293 e. The average Bonchev–Trinajstić information content (AvgIpc) is 2.70. The lowest BCUT2D eigenvalue weighted by Gasteiger charge is -2.16. The van der Waals surface area contributed by atoms with Crippen LogP contribution >= 0.6 is 0 Å². The second kappa shape index (κ2) is 4.73. The molecule has 0 saturated carbocycles. The molecule has 1 saturated heterocycles. The fourth-order valence-electron chi connectivity index (χ4n) is 2.18. The lowest BCUT2D eigenvalue weighted by atomic mass is 10.1. The lowest BCUT2D eigenvalue weighted by molar-refractivity contribution is -0.384. The van der Waals surface area contributed by atoms with Gasteiger partial charge in [-0.15, -0.1) is 0 Å². The number of nitrogens with two attached hydrogens (primary N) is 1. The largest absolute Gasteiger partial charge is 0.330 e. The smallest absolute Gasteiger partial charge is 0.293 e. The number of amides is 1. The van der Waals surface area contributed by atoms with Crippen molar-refractivity contribution in [3.63, 3.8) is 0 Å². The van der Waals surface area contributed by atoms with Crippen molar-refractivity contribution in [2.45, 2.75) is 13.3 Å². The van der Waals surface area contributed by atoms with E-state index >= 15 is 0 Å². The number of rotatable bonds is 3. The predicted molar refractivity (Wildman–Crippen MR) is 67.3 cm³/mol. The van der Waals surface area contributed by atoms with Gasteiger partial charge >= 0.3 is 0 Å². The molecule has 0 radical (unpaired) electrons. The van der Waals surface area contributed by atoms with Gasteiger partial charge < -0.3 is 10.6 Å². The highest BCUT2D eigenvalue weighted by atomic mass is 16.6. The van der Waals surface area contributed by atoms with E-state index in [1.54, 1.807) is 19.1 Å². The van der Waals surface area contributed by atoms with Crippen molar-refractivity contribution in [3.05, 3.63) is 33.9 Å². The molecule has 0 bridgehead atoms. The molecule has 6 nitrogen and oxygen atoms in total. The highest BCUT2D eigenvalue weighted by Gasteiger charge is 2.33. The first-order chi connectivity index (χ1) is 8.52. The van der Waals surface area contributed by atoms with E-state index in [4.69, 9.17) is 5.73 Å². The van der Waals surface area contributed by atoms with Gasteiger partial charge in [0.05, 0.1) is 4.92 Å². The van der Waals surface area contributed by atoms with Crippen molar-refractivity contribution in [3.8, 4) is 0 Å². The van der Waals surface area contributed by atoms with Gasteiger partial charge in [-0.1, -0.05) is 6.07 Å². The Labute approximate surface area is 105 Å². The van der Waals surface area contributed by atoms with Crippen molar-refractivity contribution in [1.82, 2.24) is 0 Å². The molecule has 1 aromatic carbocycles. The van der Waals surface area contributed by atoms with Crippen molar-refractivity contribution >= 4 is 17.3 Å². The van der Waals surface area contributed by atoms with Gasteiger partial charge in [-0.2, -0.15) is 0 Å². The third-order valence-corrected chi connectivity index (χ3v) is 3.16. The first-order valence-electron chi connectivity index (χ1n) is 5.78. The Morgan fingerprint density at radius 2 is 2.28 bits per heavy atom. The molecule has 2 rings (SSSR count). The lowest BCUT2D eigenvalue weighted by Crippen LogP contribution is -2.26. The molecule has 18 heavy (non-hydrogen) atoms. The van der Waals surface area contributed by atoms with Crippen molar-refractivity contribution in [2.24, 2.45) is 11.7 Å². The van der Waals surface area contributed by atoms with E-state index in [1.807, 2.05) is 0 Å². The minimum absolute atomic E-state index is 0.0268. The normalized spacial score (nSPS) is 19.3. The van der Waals surface area contributed by atoms with Crippen LogP contribution in [0.4, 0.5) is 11.4 Å². The highest BCUT2D eigenvalue weighted by Crippen LogP contribution is 2.33. The molecule has 0 aromatic heterocycles. The first-order valence-corrected chi connectivity index (χ1v) is 5.78. The molecule has 2 N–H and O–H groups in total. The zero-order chi connectivity index (χ0) is 13.3. The van der Waals surface area contributed by atoms with Crippen LogP contribution in [0.2, 0.25) is 0 Å². The summed E-state index contributed by atoms with van der Waals surface area (Å²) >= 11 is 0. The molecular weight excluding hydrogens is 234 g/mol. The number of carbonyl (C=O) groups is 1. The molecule has 1 atom stereocenters. The summed E-state index contributed by atoms with van der Waals surface area (Å²) in [5.41, 5.74) is 6.68. The summed E-state index contributed by atoms with van der Waals surface area (Å²) < 4.78 is 0. The first kappa shape index (κ1) is 12.5. The molecule has 1 amide bonds. The second-order valence-electron chi connectivity index (χ2n) is 4.56. The Kier molecular flexibility index (Phi) is 3.29. The fraction of sp³-hybridized carbons (Fsp3) is 0.417. The van der Waals surface area contributed by atoms with Crippen LogP contribution < -0.4 is 10.6 Å². The summed E-state index contributed by atoms with van der Waals surface area (Å²) in [5.74, 6) is -0.0178. The Morgan fingerprint density at radius 3 is 2.83 bits per heavy atom. The molecule has 1 aliphatic heterocycles. The topological polar surface area (TPSA) is 89.5 Å². The van der Waals surface area contributed by atoms with Crippen LogP contribution in [0.25, 0.3) is 0 Å². The molecule has 1 heterocycles. The van der Waals surface area contributed by atoms with E-state index in [1.165, 1.54) is 11.0 Å². The highest BCUT2D eigenvalue weighted by molar-refractivity contribution is 5.97. The molecule has 0 aliphatic carbocycles. The third kappa shape index (κ3) is 2.19. The minimum atomic E-state index is -0.453. The summed E-state index contributed by atoms with van der Waals surface area (Å²) in [6.45, 7) is 2.66. The van der Waals surface area contributed by atoms with E-state index in [9.17, 15) is 14.9 Å². The Balaban J connectivity index is 2.39. The Hall–Kier alpha value is -1.95. The van der Waals surface area contributed by atoms with Crippen LogP contribution in [0.3, 0.4) is 0 Å². The number of hydrogen-bond donors (Lipinski definition) is 1. The van der Waals surface area contributed by atoms with Gasteiger partial charge in [0.25, 0.3) is 5.69 Å². The summed E-state index contributed by atoms with van der Waals surface area (Å²) in [6.07, 6.45) is 0.363. The van der Waals surface area contributed by atoms with Crippen LogP contribution in [0, 0.1) is 23.0 Å². The molecule has 0 spiro atoms. The summed E-state index contributed by atoms with van der Waals surface area (Å²) in [4.78, 5) is 23.9. The summed E-state index contributed by atoms with van der Waals surface area (Å²) in [7, 11) is 0. The van der Waals surface area contributed by atoms with Gasteiger partial charge in [-0.25, -0.2) is 0 Å². The van der Waals surface area contributed by atoms with E-state index in [0.29, 0.717) is 25.2 Å². The summed E-state index contributed by atoms with van der Waals surface area (Å²) in [5, 5.41) is 11.0. The van der Waals surface area contributed by atoms with Crippen LogP contribution in [0.1, 0.15) is 12.0 Å². The Morgan fingerprint density at radius 1 is 1.56 bits per heavy atom. The summed E-state index contributed by atoms with van der Waals surface area (Å²) in [6, 6.07) is 4.88. The molecule has 1 unspecified atom stereocenters. The molecular formula is C12H15N3O3. The van der Waals surface area contributed by atoms with Gasteiger partial charge in [0.15, 0.2) is 0 Å². The number of aryl methyl sites for hydroxylation is 1.